The number of hydrogen-bond donors (Lipinski definition) is 1. The number of hydrogen-bond acceptors (Lipinski definition) is 2. The molecule has 0 heterocycles. The normalized spacial score (nSPS) is 12.0. The summed E-state index contributed by atoms with van der Waals surface area (Å²) in [4.78, 5) is 11.4. The highest BCUT2D eigenvalue weighted by Gasteiger charge is 2.17. The van der Waals surface area contributed by atoms with Gasteiger partial charge in [0.2, 0.25) is 0 Å². The second-order valence-electron chi connectivity index (χ2n) is 5.19. The summed E-state index contributed by atoms with van der Waals surface area (Å²) in [5.41, 5.74) is 2.13. The number of carboxylic acid groups (broad SMARTS) is 1. The molecule has 0 aliphatic rings. The van der Waals surface area contributed by atoms with E-state index in [1.54, 1.807) is 0 Å². The number of rotatable bonds is 8. The zero-order chi connectivity index (χ0) is 15.8. The molecule has 0 bridgehead atoms. The number of ether oxygens (including phenoxy) is 1. The van der Waals surface area contributed by atoms with Crippen molar-refractivity contribution in [2.24, 2.45) is 5.92 Å². The first-order chi connectivity index (χ1) is 10.6. The first-order valence-corrected chi connectivity index (χ1v) is 8.03. The topological polar surface area (TPSA) is 46.5 Å². The molecule has 0 aromatic heterocycles. The van der Waals surface area contributed by atoms with Gasteiger partial charge in [0.15, 0.2) is 0 Å². The second-order valence-corrected chi connectivity index (χ2v) is 6.11. The van der Waals surface area contributed by atoms with Crippen LogP contribution in [0.2, 0.25) is 0 Å². The Morgan fingerprint density at radius 1 is 1.05 bits per heavy atom. The van der Waals surface area contributed by atoms with Gasteiger partial charge >= 0.3 is 5.97 Å². The average molecular weight is 363 g/mol. The number of aliphatic carboxylic acids is 1. The summed E-state index contributed by atoms with van der Waals surface area (Å²) in [5.74, 6) is -1.19. The highest BCUT2D eigenvalue weighted by molar-refractivity contribution is 9.10. The highest BCUT2D eigenvalue weighted by atomic mass is 79.9. The number of halogens is 1. The van der Waals surface area contributed by atoms with Crippen molar-refractivity contribution in [3.05, 3.63) is 70.2 Å². The van der Waals surface area contributed by atoms with Crippen molar-refractivity contribution in [3.8, 4) is 0 Å². The predicted octanol–water partition coefficient (Wildman–Crippen LogP) is 4.30. The molecule has 1 N–H and O–H groups in total. The maximum absolute atomic E-state index is 11.4. The third kappa shape index (κ3) is 5.62. The summed E-state index contributed by atoms with van der Waals surface area (Å²) < 4.78 is 6.58. The smallest absolute Gasteiger partial charge is 0.306 e. The van der Waals surface area contributed by atoms with Gasteiger partial charge in [-0.05, 0) is 36.1 Å². The average Bonchev–Trinajstić information content (AvgIpc) is 2.53. The zero-order valence-electron chi connectivity index (χ0n) is 12.2. The standard InChI is InChI=1S/C18H19BrO3/c19-17-8-6-14(7-9-17)12-16(18(20)21)10-11-22-13-15-4-2-1-3-5-15/h1-9,16H,10-13H2,(H,20,21)/t16-/m1/s1. The molecule has 3 nitrogen and oxygen atoms in total. The monoisotopic (exact) mass is 362 g/mol. The van der Waals surface area contributed by atoms with E-state index in [1.165, 1.54) is 0 Å². The summed E-state index contributed by atoms with van der Waals surface area (Å²) in [6.07, 6.45) is 1.04. The Labute approximate surface area is 139 Å². The number of carbonyl (C=O) groups is 1. The van der Waals surface area contributed by atoms with Crippen LogP contribution in [-0.4, -0.2) is 17.7 Å². The maximum atomic E-state index is 11.4. The van der Waals surface area contributed by atoms with E-state index in [2.05, 4.69) is 15.9 Å². The Hall–Kier alpha value is -1.65. The van der Waals surface area contributed by atoms with Gasteiger partial charge in [0.05, 0.1) is 12.5 Å². The molecule has 0 aliphatic carbocycles. The summed E-state index contributed by atoms with van der Waals surface area (Å²) in [7, 11) is 0. The lowest BCUT2D eigenvalue weighted by Crippen LogP contribution is -2.18. The molecule has 1 atom stereocenters. The number of carboxylic acids is 1. The van der Waals surface area contributed by atoms with Crippen LogP contribution >= 0.6 is 15.9 Å². The third-order valence-electron chi connectivity index (χ3n) is 3.47. The van der Waals surface area contributed by atoms with E-state index in [0.29, 0.717) is 26.1 Å². The van der Waals surface area contributed by atoms with Crippen LogP contribution in [0.3, 0.4) is 0 Å². The zero-order valence-corrected chi connectivity index (χ0v) is 13.8. The van der Waals surface area contributed by atoms with E-state index < -0.39 is 11.9 Å². The van der Waals surface area contributed by atoms with Gasteiger partial charge in [-0.2, -0.15) is 0 Å². The van der Waals surface area contributed by atoms with Crippen LogP contribution in [0.5, 0.6) is 0 Å². The summed E-state index contributed by atoms with van der Waals surface area (Å²) in [6, 6.07) is 17.6. The van der Waals surface area contributed by atoms with E-state index in [-0.39, 0.29) is 0 Å². The largest absolute Gasteiger partial charge is 0.481 e. The van der Waals surface area contributed by atoms with Crippen molar-refractivity contribution in [2.45, 2.75) is 19.4 Å². The SMILES string of the molecule is O=C(O)[C@H](CCOCc1ccccc1)Cc1ccc(Br)cc1. The number of benzene rings is 2. The summed E-state index contributed by atoms with van der Waals surface area (Å²) in [5, 5.41) is 9.34. The molecule has 0 unspecified atom stereocenters. The molecule has 2 aromatic rings. The van der Waals surface area contributed by atoms with Gasteiger partial charge < -0.3 is 9.84 Å². The van der Waals surface area contributed by atoms with E-state index in [9.17, 15) is 9.90 Å². The van der Waals surface area contributed by atoms with Crippen molar-refractivity contribution in [3.63, 3.8) is 0 Å². The molecule has 0 amide bonds. The Morgan fingerprint density at radius 3 is 2.36 bits per heavy atom. The predicted molar refractivity (Wildman–Crippen MR) is 89.7 cm³/mol. The van der Waals surface area contributed by atoms with Gasteiger partial charge in [-0.3, -0.25) is 4.79 Å². The van der Waals surface area contributed by atoms with Crippen LogP contribution < -0.4 is 0 Å². The van der Waals surface area contributed by atoms with Gasteiger partial charge in [0.1, 0.15) is 0 Å². The van der Waals surface area contributed by atoms with Gasteiger partial charge in [-0.1, -0.05) is 58.4 Å². The molecule has 116 valence electrons. The molecular weight excluding hydrogens is 344 g/mol. The minimum absolute atomic E-state index is 0.419. The third-order valence-corrected chi connectivity index (χ3v) is 4.00. The fourth-order valence-corrected chi connectivity index (χ4v) is 2.47. The molecule has 2 rings (SSSR count). The minimum atomic E-state index is -0.772. The molecule has 0 fully saturated rings. The quantitative estimate of drug-likeness (QED) is 0.712. The molecule has 22 heavy (non-hydrogen) atoms. The van der Waals surface area contributed by atoms with E-state index in [0.717, 1.165) is 15.6 Å². The van der Waals surface area contributed by atoms with E-state index >= 15 is 0 Å². The molecule has 0 spiro atoms. The lowest BCUT2D eigenvalue weighted by Gasteiger charge is -2.13. The van der Waals surface area contributed by atoms with Crippen molar-refractivity contribution in [2.75, 3.05) is 6.61 Å². The molecule has 0 radical (unpaired) electrons. The summed E-state index contributed by atoms with van der Waals surface area (Å²) in [6.45, 7) is 0.966. The van der Waals surface area contributed by atoms with Crippen molar-refractivity contribution in [1.82, 2.24) is 0 Å². The molecule has 4 heteroatoms. The highest BCUT2D eigenvalue weighted by Crippen LogP contribution is 2.16. The van der Waals surface area contributed by atoms with Crippen LogP contribution in [0, 0.1) is 5.92 Å². The fraction of sp³-hybridized carbons (Fsp3) is 0.278. The van der Waals surface area contributed by atoms with Crippen molar-refractivity contribution >= 4 is 21.9 Å². The first-order valence-electron chi connectivity index (χ1n) is 7.24. The van der Waals surface area contributed by atoms with Crippen LogP contribution in [0.25, 0.3) is 0 Å². The van der Waals surface area contributed by atoms with Crippen LogP contribution in [-0.2, 0) is 22.6 Å². The van der Waals surface area contributed by atoms with E-state index in [4.69, 9.17) is 4.74 Å². The van der Waals surface area contributed by atoms with Gasteiger partial charge in [0, 0.05) is 11.1 Å². The van der Waals surface area contributed by atoms with E-state index in [1.807, 2.05) is 54.6 Å². The van der Waals surface area contributed by atoms with Crippen LogP contribution in [0.1, 0.15) is 17.5 Å². The molecule has 0 saturated heterocycles. The Balaban J connectivity index is 1.79. The first kappa shape index (κ1) is 16.7. The van der Waals surface area contributed by atoms with Crippen molar-refractivity contribution < 1.29 is 14.6 Å². The fourth-order valence-electron chi connectivity index (χ4n) is 2.21. The molecule has 0 saturated carbocycles. The van der Waals surface area contributed by atoms with Gasteiger partial charge in [0.25, 0.3) is 0 Å². The minimum Gasteiger partial charge on any atom is -0.481 e. The lowest BCUT2D eigenvalue weighted by molar-refractivity contribution is -0.142. The second kappa shape index (κ2) is 8.71. The van der Waals surface area contributed by atoms with Gasteiger partial charge in [-0.15, -0.1) is 0 Å². The Morgan fingerprint density at radius 2 is 1.73 bits per heavy atom. The van der Waals surface area contributed by atoms with Crippen molar-refractivity contribution in [1.29, 1.82) is 0 Å². The van der Waals surface area contributed by atoms with Crippen LogP contribution in [0.15, 0.2) is 59.1 Å². The summed E-state index contributed by atoms with van der Waals surface area (Å²) >= 11 is 3.38. The Kier molecular flexibility index (Phi) is 6.62. The molecular formula is C18H19BrO3. The lowest BCUT2D eigenvalue weighted by atomic mass is 9.97. The molecule has 2 aromatic carbocycles. The Bertz CT molecular complexity index is 581. The van der Waals surface area contributed by atoms with Crippen LogP contribution in [0.4, 0.5) is 0 Å². The molecule has 0 aliphatic heterocycles. The van der Waals surface area contributed by atoms with Gasteiger partial charge in [-0.25, -0.2) is 0 Å². The maximum Gasteiger partial charge on any atom is 0.306 e.